The van der Waals surface area contributed by atoms with Crippen LogP contribution >= 0.6 is 0 Å². The van der Waals surface area contributed by atoms with Crippen LogP contribution in [-0.2, 0) is 20.7 Å². The number of hydrogen-bond acceptors (Lipinski definition) is 6. The molecule has 25 heavy (non-hydrogen) atoms. The van der Waals surface area contributed by atoms with Crippen LogP contribution in [0.15, 0.2) is 30.3 Å². The molecule has 2 atom stereocenters. The van der Waals surface area contributed by atoms with E-state index in [0.717, 1.165) is 5.56 Å². The van der Waals surface area contributed by atoms with Gasteiger partial charge in [-0.3, -0.25) is 4.79 Å². The molecule has 1 aromatic carbocycles. The van der Waals surface area contributed by atoms with Crippen molar-refractivity contribution in [2.24, 2.45) is 0 Å². The fourth-order valence-corrected chi connectivity index (χ4v) is 2.85. The molecule has 3 rings (SSSR count). The summed E-state index contributed by atoms with van der Waals surface area (Å²) in [6.45, 7) is 2.27. The number of aliphatic carboxylic acids is 1. The highest BCUT2D eigenvalue weighted by Crippen LogP contribution is 2.19. The van der Waals surface area contributed by atoms with Gasteiger partial charge < -0.3 is 14.7 Å². The lowest BCUT2D eigenvalue weighted by Crippen LogP contribution is -2.51. The van der Waals surface area contributed by atoms with Crippen LogP contribution in [0.25, 0.3) is 0 Å². The van der Waals surface area contributed by atoms with Crippen LogP contribution in [0.5, 0.6) is 0 Å². The third kappa shape index (κ3) is 3.82. The van der Waals surface area contributed by atoms with Gasteiger partial charge in [-0.05, 0) is 22.9 Å². The Morgan fingerprint density at radius 1 is 1.36 bits per heavy atom. The average Bonchev–Trinajstić information content (AvgIpc) is 3.06. The Morgan fingerprint density at radius 2 is 2.12 bits per heavy atom. The molecule has 0 unspecified atom stereocenters. The first-order chi connectivity index (χ1) is 12.1. The Balaban J connectivity index is 1.84. The molecular weight excluding hydrogens is 326 g/mol. The van der Waals surface area contributed by atoms with Crippen molar-refractivity contribution in [1.82, 2.24) is 25.1 Å². The minimum absolute atomic E-state index is 0.0145. The van der Waals surface area contributed by atoms with Crippen LogP contribution in [-0.4, -0.2) is 67.9 Å². The first kappa shape index (κ1) is 17.0. The summed E-state index contributed by atoms with van der Waals surface area (Å²) in [7, 11) is 0. The van der Waals surface area contributed by atoms with E-state index in [1.54, 1.807) is 6.92 Å². The standard InChI is InChI=1S/C16H19N5O4/c1-11-17-18-19-21(11)13(9-12-5-3-2-4-6-12)15(22)20-7-8-25-14(10-20)16(23)24/h2-6,13-14H,7-10H2,1H3,(H,23,24)/t13-,14-/m1/s1. The predicted molar refractivity (Wildman–Crippen MR) is 85.7 cm³/mol. The topological polar surface area (TPSA) is 110 Å². The summed E-state index contributed by atoms with van der Waals surface area (Å²) in [5.41, 5.74) is 0.971. The molecule has 2 heterocycles. The minimum atomic E-state index is -1.07. The number of rotatable bonds is 5. The quantitative estimate of drug-likeness (QED) is 0.817. The molecule has 0 radical (unpaired) electrons. The van der Waals surface area contributed by atoms with E-state index in [9.17, 15) is 9.59 Å². The number of carbonyl (C=O) groups excluding carboxylic acids is 1. The molecular formula is C16H19N5O4. The van der Waals surface area contributed by atoms with Crippen molar-refractivity contribution in [3.05, 3.63) is 41.7 Å². The monoisotopic (exact) mass is 345 g/mol. The van der Waals surface area contributed by atoms with Crippen molar-refractivity contribution < 1.29 is 19.4 Å². The summed E-state index contributed by atoms with van der Waals surface area (Å²) in [6.07, 6.45) is -0.592. The zero-order valence-electron chi connectivity index (χ0n) is 13.8. The van der Waals surface area contributed by atoms with E-state index >= 15 is 0 Å². The van der Waals surface area contributed by atoms with Crippen molar-refractivity contribution in [3.63, 3.8) is 0 Å². The summed E-state index contributed by atoms with van der Waals surface area (Å²) >= 11 is 0. The van der Waals surface area contributed by atoms with Gasteiger partial charge in [0, 0.05) is 13.0 Å². The van der Waals surface area contributed by atoms with E-state index in [4.69, 9.17) is 9.84 Å². The van der Waals surface area contributed by atoms with Gasteiger partial charge in [0.1, 0.15) is 11.9 Å². The lowest BCUT2D eigenvalue weighted by atomic mass is 10.0. The number of morpholine rings is 1. The Kier molecular flexibility index (Phi) is 5.03. The second-order valence-electron chi connectivity index (χ2n) is 5.86. The summed E-state index contributed by atoms with van der Waals surface area (Å²) < 4.78 is 6.68. The van der Waals surface area contributed by atoms with Gasteiger partial charge >= 0.3 is 5.97 Å². The number of hydrogen-bond donors (Lipinski definition) is 1. The average molecular weight is 345 g/mol. The van der Waals surface area contributed by atoms with Gasteiger partial charge in [0.15, 0.2) is 6.10 Å². The summed E-state index contributed by atoms with van der Waals surface area (Å²) in [4.78, 5) is 25.8. The van der Waals surface area contributed by atoms with Crippen molar-refractivity contribution in [2.45, 2.75) is 25.5 Å². The zero-order chi connectivity index (χ0) is 17.8. The van der Waals surface area contributed by atoms with Crippen LogP contribution in [0.1, 0.15) is 17.4 Å². The van der Waals surface area contributed by atoms with E-state index in [1.807, 2.05) is 30.3 Å². The molecule has 9 heteroatoms. The maximum Gasteiger partial charge on any atom is 0.334 e. The Bertz CT molecular complexity index is 748. The summed E-state index contributed by atoms with van der Waals surface area (Å²) in [5.74, 6) is -0.762. The highest BCUT2D eigenvalue weighted by molar-refractivity contribution is 5.82. The molecule has 1 aliphatic rings. The molecule has 1 saturated heterocycles. The number of amides is 1. The molecule has 9 nitrogen and oxygen atoms in total. The van der Waals surface area contributed by atoms with Crippen molar-refractivity contribution in [1.29, 1.82) is 0 Å². The number of aryl methyl sites for hydroxylation is 1. The molecule has 0 bridgehead atoms. The predicted octanol–water partition coefficient (Wildman–Crippen LogP) is 0.0773. The maximum absolute atomic E-state index is 13.1. The third-order valence-corrected chi connectivity index (χ3v) is 4.16. The number of carbonyl (C=O) groups is 2. The van der Waals surface area contributed by atoms with E-state index in [1.165, 1.54) is 9.58 Å². The van der Waals surface area contributed by atoms with Crippen LogP contribution in [0.2, 0.25) is 0 Å². The maximum atomic E-state index is 13.1. The second-order valence-corrected chi connectivity index (χ2v) is 5.86. The van der Waals surface area contributed by atoms with Gasteiger partial charge in [0.2, 0.25) is 5.91 Å². The smallest absolute Gasteiger partial charge is 0.334 e. The molecule has 0 saturated carbocycles. The fourth-order valence-electron chi connectivity index (χ4n) is 2.85. The number of nitrogens with zero attached hydrogens (tertiary/aromatic N) is 5. The Hall–Kier alpha value is -2.81. The van der Waals surface area contributed by atoms with Crippen LogP contribution < -0.4 is 0 Å². The fraction of sp³-hybridized carbons (Fsp3) is 0.438. The van der Waals surface area contributed by atoms with Gasteiger partial charge in [0.25, 0.3) is 0 Å². The molecule has 1 N–H and O–H groups in total. The van der Waals surface area contributed by atoms with Gasteiger partial charge in [-0.2, -0.15) is 0 Å². The van der Waals surface area contributed by atoms with Crippen LogP contribution in [0.3, 0.4) is 0 Å². The second kappa shape index (κ2) is 7.39. The highest BCUT2D eigenvalue weighted by Gasteiger charge is 2.34. The van der Waals surface area contributed by atoms with Gasteiger partial charge in [-0.1, -0.05) is 30.3 Å². The molecule has 0 spiro atoms. The normalized spacial score (nSPS) is 18.8. The van der Waals surface area contributed by atoms with Gasteiger partial charge in [0.05, 0.1) is 13.2 Å². The van der Waals surface area contributed by atoms with E-state index in [2.05, 4.69) is 15.5 Å². The van der Waals surface area contributed by atoms with E-state index in [0.29, 0.717) is 18.8 Å². The first-order valence-electron chi connectivity index (χ1n) is 7.98. The number of carboxylic acids is 1. The Morgan fingerprint density at radius 3 is 2.76 bits per heavy atom. The minimum Gasteiger partial charge on any atom is -0.479 e. The van der Waals surface area contributed by atoms with Crippen LogP contribution in [0.4, 0.5) is 0 Å². The lowest BCUT2D eigenvalue weighted by molar-refractivity contribution is -0.160. The molecule has 1 fully saturated rings. The molecule has 2 aromatic rings. The zero-order valence-corrected chi connectivity index (χ0v) is 13.8. The van der Waals surface area contributed by atoms with Crippen molar-refractivity contribution in [2.75, 3.05) is 19.7 Å². The largest absolute Gasteiger partial charge is 0.479 e. The third-order valence-electron chi connectivity index (χ3n) is 4.16. The SMILES string of the molecule is Cc1nnnn1[C@H](Cc1ccccc1)C(=O)N1CCO[C@@H](C(=O)O)C1. The Labute approximate surface area is 144 Å². The van der Waals surface area contributed by atoms with Crippen molar-refractivity contribution in [3.8, 4) is 0 Å². The van der Waals surface area contributed by atoms with Crippen molar-refractivity contribution >= 4 is 11.9 Å². The molecule has 1 aliphatic heterocycles. The van der Waals surface area contributed by atoms with Crippen LogP contribution in [0, 0.1) is 6.92 Å². The number of carboxylic acid groups (broad SMARTS) is 1. The van der Waals surface area contributed by atoms with Gasteiger partial charge in [-0.15, -0.1) is 5.10 Å². The summed E-state index contributed by atoms with van der Waals surface area (Å²) in [6, 6.07) is 8.93. The van der Waals surface area contributed by atoms with Gasteiger partial charge in [-0.25, -0.2) is 9.48 Å². The number of benzene rings is 1. The van der Waals surface area contributed by atoms with E-state index < -0.39 is 18.1 Å². The molecule has 132 valence electrons. The molecule has 1 aromatic heterocycles. The summed E-state index contributed by atoms with van der Waals surface area (Å²) in [5, 5.41) is 20.6. The highest BCUT2D eigenvalue weighted by atomic mass is 16.5. The number of ether oxygens (including phenoxy) is 1. The number of aromatic nitrogens is 4. The first-order valence-corrected chi connectivity index (χ1v) is 7.98. The van der Waals surface area contributed by atoms with E-state index in [-0.39, 0.29) is 19.1 Å². The number of tetrazole rings is 1. The molecule has 1 amide bonds. The molecule has 0 aliphatic carbocycles. The lowest BCUT2D eigenvalue weighted by Gasteiger charge is -2.33.